The van der Waals surface area contributed by atoms with Crippen LogP contribution in [0.15, 0.2) is 72.8 Å². The summed E-state index contributed by atoms with van der Waals surface area (Å²) < 4.78 is 13.7. The van der Waals surface area contributed by atoms with E-state index in [-0.39, 0.29) is 11.9 Å². The van der Waals surface area contributed by atoms with Crippen molar-refractivity contribution in [3.8, 4) is 16.9 Å². The molecule has 1 saturated heterocycles. The second-order valence-corrected chi connectivity index (χ2v) is 12.1. The number of aryl methyl sites for hydroxylation is 1. The maximum absolute atomic E-state index is 13.4. The number of carbonyl (C=O) groups is 1. The van der Waals surface area contributed by atoms with E-state index in [0.29, 0.717) is 25.4 Å². The van der Waals surface area contributed by atoms with Gasteiger partial charge in [-0.15, -0.1) is 0 Å². The maximum Gasteiger partial charge on any atom is 0.224 e. The zero-order chi connectivity index (χ0) is 29.8. The van der Waals surface area contributed by atoms with Crippen LogP contribution in [0.2, 0.25) is 0 Å². The number of piperidine rings is 1. The zero-order valence-corrected chi connectivity index (χ0v) is 25.5. The van der Waals surface area contributed by atoms with Crippen LogP contribution in [0, 0.1) is 0 Å². The number of benzene rings is 3. The molecule has 43 heavy (non-hydrogen) atoms. The highest BCUT2D eigenvalue weighted by Crippen LogP contribution is 2.35. The first-order valence-electron chi connectivity index (χ1n) is 15.7. The molecule has 2 N–H and O–H groups in total. The van der Waals surface area contributed by atoms with Crippen LogP contribution in [0.25, 0.3) is 22.0 Å². The third-order valence-electron chi connectivity index (χ3n) is 9.04. The van der Waals surface area contributed by atoms with E-state index in [2.05, 4.69) is 89.3 Å². The van der Waals surface area contributed by atoms with Crippen molar-refractivity contribution in [1.29, 1.82) is 0 Å². The second-order valence-electron chi connectivity index (χ2n) is 12.1. The molecule has 0 saturated carbocycles. The second kappa shape index (κ2) is 13.2. The van der Waals surface area contributed by atoms with Crippen molar-refractivity contribution >= 4 is 22.5 Å². The predicted octanol–water partition coefficient (Wildman–Crippen LogP) is 5.84. The number of methoxy groups -OCH3 is 1. The lowest BCUT2D eigenvalue weighted by Gasteiger charge is -2.34. The average molecular weight is 581 g/mol. The molecule has 0 radical (unpaired) electrons. The minimum absolute atomic E-state index is 0.162. The minimum Gasteiger partial charge on any atom is -0.490 e. The van der Waals surface area contributed by atoms with Crippen molar-refractivity contribution in [2.75, 3.05) is 51.9 Å². The summed E-state index contributed by atoms with van der Waals surface area (Å²) in [5.74, 6) is 1.42. The Balaban J connectivity index is 1.07. The van der Waals surface area contributed by atoms with Gasteiger partial charge >= 0.3 is 0 Å². The number of anilines is 1. The number of carbonyl (C=O) groups excluding carboxylic acids is 1. The molecule has 1 fully saturated rings. The first-order valence-corrected chi connectivity index (χ1v) is 15.7. The highest BCUT2D eigenvalue weighted by Gasteiger charge is 2.28. The molecule has 0 spiro atoms. The molecule has 6 rings (SSSR count). The molecule has 1 aromatic heterocycles. The van der Waals surface area contributed by atoms with Crippen LogP contribution in [0.5, 0.6) is 5.75 Å². The summed E-state index contributed by atoms with van der Waals surface area (Å²) in [5, 5.41) is 1.26. The van der Waals surface area contributed by atoms with Crippen LogP contribution in [-0.4, -0.2) is 68.4 Å². The van der Waals surface area contributed by atoms with E-state index in [1.54, 1.807) is 7.11 Å². The third kappa shape index (κ3) is 6.58. The van der Waals surface area contributed by atoms with Gasteiger partial charge in [0.2, 0.25) is 5.91 Å². The van der Waals surface area contributed by atoms with Crippen molar-refractivity contribution in [1.82, 2.24) is 9.47 Å². The van der Waals surface area contributed by atoms with Gasteiger partial charge in [-0.1, -0.05) is 48.5 Å². The number of hydrogen-bond acceptors (Lipinski definition) is 5. The molecule has 2 atom stereocenters. The lowest BCUT2D eigenvalue weighted by atomic mass is 9.93. The Hall–Kier alpha value is -3.81. The van der Waals surface area contributed by atoms with Crippen LogP contribution in [0.1, 0.15) is 42.9 Å². The first-order chi connectivity index (χ1) is 21.0. The highest BCUT2D eigenvalue weighted by atomic mass is 16.5. The molecule has 1 unspecified atom stereocenters. The zero-order valence-electron chi connectivity index (χ0n) is 25.5. The van der Waals surface area contributed by atoms with Gasteiger partial charge < -0.3 is 29.6 Å². The first kappa shape index (κ1) is 29.3. The molecule has 1 amide bonds. The van der Waals surface area contributed by atoms with Crippen LogP contribution < -0.4 is 15.4 Å². The molecule has 2 aliphatic heterocycles. The lowest BCUT2D eigenvalue weighted by Crippen LogP contribution is -2.42. The summed E-state index contributed by atoms with van der Waals surface area (Å²) in [4.78, 5) is 17.7. The van der Waals surface area contributed by atoms with E-state index in [4.69, 9.17) is 15.2 Å². The van der Waals surface area contributed by atoms with Crippen molar-refractivity contribution in [2.45, 2.75) is 50.6 Å². The molecular weight excluding hydrogens is 536 g/mol. The number of likely N-dealkylation sites (tertiary alicyclic amines) is 1. The molecule has 4 aromatic rings. The van der Waals surface area contributed by atoms with Gasteiger partial charge in [0.25, 0.3) is 0 Å². The number of fused-ring (bicyclic) bond motifs is 2. The number of aromatic nitrogens is 1. The topological polar surface area (TPSA) is 73.0 Å². The van der Waals surface area contributed by atoms with Gasteiger partial charge in [0.1, 0.15) is 12.4 Å². The van der Waals surface area contributed by atoms with Gasteiger partial charge in [-0.3, -0.25) is 4.79 Å². The summed E-state index contributed by atoms with van der Waals surface area (Å²) in [6.45, 7) is 4.83. The number of nitrogens with two attached hydrogens (primary N) is 1. The van der Waals surface area contributed by atoms with E-state index in [9.17, 15) is 4.79 Å². The summed E-state index contributed by atoms with van der Waals surface area (Å²) >= 11 is 0. The van der Waals surface area contributed by atoms with E-state index in [1.807, 2.05) is 4.90 Å². The van der Waals surface area contributed by atoms with E-state index < -0.39 is 0 Å². The quantitative estimate of drug-likeness (QED) is 0.239. The maximum atomic E-state index is 13.4. The van der Waals surface area contributed by atoms with Gasteiger partial charge in [-0.2, -0.15) is 0 Å². The number of likely N-dealkylation sites (N-methyl/N-ethyl adjacent to an activating group) is 1. The Bertz CT molecular complexity index is 1550. The SMILES string of the molecule is COCCCn1c(C2CCCN(C(=O)C[C@H](N)Cc3ccc(-c4ccc5c(c4)OCCN5C)cc3)C2)cc2ccccc21. The van der Waals surface area contributed by atoms with Crippen molar-refractivity contribution < 1.29 is 14.3 Å². The Labute approximate surface area is 255 Å². The fourth-order valence-corrected chi connectivity index (χ4v) is 6.73. The van der Waals surface area contributed by atoms with Gasteiger partial charge in [0, 0.05) is 70.0 Å². The summed E-state index contributed by atoms with van der Waals surface area (Å²) in [5.41, 5.74) is 13.7. The Kier molecular flexibility index (Phi) is 9.00. The number of amides is 1. The van der Waals surface area contributed by atoms with Crippen molar-refractivity contribution in [3.63, 3.8) is 0 Å². The van der Waals surface area contributed by atoms with Crippen molar-refractivity contribution in [2.24, 2.45) is 5.73 Å². The third-order valence-corrected chi connectivity index (χ3v) is 9.04. The fourth-order valence-electron chi connectivity index (χ4n) is 6.73. The van der Waals surface area contributed by atoms with E-state index in [0.717, 1.165) is 80.2 Å². The molecule has 0 bridgehead atoms. The van der Waals surface area contributed by atoms with Crippen LogP contribution in [0.4, 0.5) is 5.69 Å². The smallest absolute Gasteiger partial charge is 0.224 e. The summed E-state index contributed by atoms with van der Waals surface area (Å²) in [6, 6.07) is 25.6. The van der Waals surface area contributed by atoms with Gasteiger partial charge in [0.15, 0.2) is 0 Å². The Morgan fingerprint density at radius 1 is 1.05 bits per heavy atom. The molecule has 7 nitrogen and oxygen atoms in total. The minimum atomic E-state index is -0.216. The molecule has 226 valence electrons. The standard InChI is InChI=1S/C36H44N4O3/c1-38-18-20-43-35-23-28(14-15-33(35)38)27-12-10-26(11-13-27)21-31(37)24-36(41)39-16-5-8-30(25-39)34-22-29-7-3-4-9-32(29)40(34)17-6-19-42-2/h3-4,7,9-15,22-23,30-31H,5-6,8,16-21,24-25,37H2,1-2H3/t30?,31-/m1/s1. The van der Waals surface area contributed by atoms with Crippen LogP contribution >= 0.6 is 0 Å². The number of ether oxygens (including phenoxy) is 2. The molecule has 0 aliphatic carbocycles. The van der Waals surface area contributed by atoms with Crippen LogP contribution in [0.3, 0.4) is 0 Å². The highest BCUT2D eigenvalue weighted by molar-refractivity contribution is 5.82. The number of hydrogen-bond donors (Lipinski definition) is 1. The Morgan fingerprint density at radius 3 is 2.70 bits per heavy atom. The van der Waals surface area contributed by atoms with Gasteiger partial charge in [0.05, 0.1) is 12.2 Å². The molecule has 7 heteroatoms. The summed E-state index contributed by atoms with van der Waals surface area (Å²) in [7, 11) is 3.85. The average Bonchev–Trinajstić information content (AvgIpc) is 3.40. The van der Waals surface area contributed by atoms with Gasteiger partial charge in [-0.25, -0.2) is 0 Å². The Morgan fingerprint density at radius 2 is 1.86 bits per heavy atom. The predicted molar refractivity (Wildman–Crippen MR) is 174 cm³/mol. The largest absolute Gasteiger partial charge is 0.490 e. The molecular formula is C36H44N4O3. The molecule has 2 aliphatic rings. The summed E-state index contributed by atoms with van der Waals surface area (Å²) in [6.07, 6.45) is 4.11. The molecule has 3 aromatic carbocycles. The normalized spacial score (nSPS) is 17.5. The van der Waals surface area contributed by atoms with Crippen LogP contribution in [-0.2, 0) is 22.5 Å². The van der Waals surface area contributed by atoms with E-state index in [1.165, 1.54) is 16.6 Å². The lowest BCUT2D eigenvalue weighted by molar-refractivity contribution is -0.132. The fraction of sp³-hybridized carbons (Fsp3) is 0.417. The van der Waals surface area contributed by atoms with E-state index >= 15 is 0 Å². The number of rotatable bonds is 10. The number of para-hydroxylation sites is 1. The monoisotopic (exact) mass is 580 g/mol. The number of nitrogens with zero attached hydrogens (tertiary/aromatic N) is 3. The van der Waals surface area contributed by atoms with Crippen molar-refractivity contribution in [3.05, 3.63) is 84.1 Å². The molecule has 3 heterocycles. The van der Waals surface area contributed by atoms with Gasteiger partial charge in [-0.05, 0) is 72.0 Å².